The van der Waals surface area contributed by atoms with Crippen LogP contribution >= 0.6 is 0 Å². The first-order valence-corrected chi connectivity index (χ1v) is 7.33. The predicted molar refractivity (Wildman–Crippen MR) is 90.6 cm³/mol. The van der Waals surface area contributed by atoms with E-state index >= 15 is 0 Å². The number of hydrogen-bond donors (Lipinski definition) is 2. The second-order valence-electron chi connectivity index (χ2n) is 4.87. The number of unbranched alkanes of at least 4 members (excludes halogenated alkanes) is 1. The molecule has 0 aliphatic heterocycles. The molecule has 2 aromatic carbocycles. The summed E-state index contributed by atoms with van der Waals surface area (Å²) in [7, 11) is 0. The van der Waals surface area contributed by atoms with Crippen molar-refractivity contribution in [2.75, 3.05) is 5.73 Å². The normalized spacial score (nSPS) is 9.26. The number of anilines is 1. The third-order valence-electron chi connectivity index (χ3n) is 3.12. The highest BCUT2D eigenvalue weighted by Gasteiger charge is 2.03. The fraction of sp³-hybridized carbons (Fsp3) is 0.222. The molecular formula is C18H20N2O3. The van der Waals surface area contributed by atoms with Crippen LogP contribution in [-0.4, -0.2) is 17.2 Å². The van der Waals surface area contributed by atoms with Crippen molar-refractivity contribution in [1.29, 1.82) is 0 Å². The van der Waals surface area contributed by atoms with Crippen LogP contribution in [0.4, 0.5) is 11.4 Å². The zero-order valence-corrected chi connectivity index (χ0v) is 13.0. The van der Waals surface area contributed by atoms with Crippen molar-refractivity contribution in [2.24, 2.45) is 4.99 Å². The summed E-state index contributed by atoms with van der Waals surface area (Å²) in [6.45, 7) is 2.17. The molecule has 120 valence electrons. The lowest BCUT2D eigenvalue weighted by Crippen LogP contribution is -2.00. The van der Waals surface area contributed by atoms with Crippen LogP contribution in [0.2, 0.25) is 0 Å². The largest absolute Gasteiger partial charge is 0.478 e. The molecule has 0 spiro atoms. The Bertz CT molecular complexity index is 675. The first-order valence-electron chi connectivity index (χ1n) is 7.33. The number of benzene rings is 2. The van der Waals surface area contributed by atoms with E-state index in [-0.39, 0.29) is 5.56 Å². The average Bonchev–Trinajstić information content (AvgIpc) is 2.55. The molecule has 0 bridgehead atoms. The zero-order chi connectivity index (χ0) is 17.1. The van der Waals surface area contributed by atoms with E-state index in [4.69, 9.17) is 10.8 Å². The maximum Gasteiger partial charge on any atom is 0.337 e. The van der Waals surface area contributed by atoms with Crippen LogP contribution in [-0.2, 0) is 11.2 Å². The Labute approximate surface area is 135 Å². The number of carboxylic acids is 1. The second kappa shape index (κ2) is 9.92. The highest BCUT2D eigenvalue weighted by atomic mass is 16.4. The fourth-order valence-electron chi connectivity index (χ4n) is 1.86. The van der Waals surface area contributed by atoms with Crippen molar-refractivity contribution in [3.63, 3.8) is 0 Å². The molecule has 0 aliphatic carbocycles. The van der Waals surface area contributed by atoms with Gasteiger partial charge >= 0.3 is 5.97 Å². The van der Waals surface area contributed by atoms with Crippen molar-refractivity contribution in [2.45, 2.75) is 26.2 Å². The molecule has 5 heteroatoms. The maximum absolute atomic E-state index is 10.3. The van der Waals surface area contributed by atoms with Gasteiger partial charge in [-0.3, -0.25) is 0 Å². The molecule has 0 amide bonds. The second-order valence-corrected chi connectivity index (χ2v) is 4.87. The van der Waals surface area contributed by atoms with E-state index in [9.17, 15) is 9.59 Å². The summed E-state index contributed by atoms with van der Waals surface area (Å²) in [5.74, 6) is -0.988. The van der Waals surface area contributed by atoms with Crippen molar-refractivity contribution >= 4 is 23.4 Å². The van der Waals surface area contributed by atoms with E-state index in [2.05, 4.69) is 11.9 Å². The minimum atomic E-state index is -0.988. The predicted octanol–water partition coefficient (Wildman–Crippen LogP) is 3.96. The number of rotatable bonds is 5. The summed E-state index contributed by atoms with van der Waals surface area (Å²) in [5, 5.41) is 8.49. The lowest BCUT2D eigenvalue weighted by atomic mass is 10.1. The number of hydrogen-bond acceptors (Lipinski definition) is 4. The molecule has 0 saturated carbocycles. The molecular weight excluding hydrogens is 292 g/mol. The highest BCUT2D eigenvalue weighted by Crippen LogP contribution is 2.13. The Morgan fingerprint density at radius 2 is 1.83 bits per heavy atom. The SMILES string of the molecule is CCCCc1ccc(N=C=O)cc1.Nc1ccccc1C(=O)O. The van der Waals surface area contributed by atoms with Crippen LogP contribution in [0.3, 0.4) is 0 Å². The van der Waals surface area contributed by atoms with Gasteiger partial charge in [0.25, 0.3) is 0 Å². The summed E-state index contributed by atoms with van der Waals surface area (Å²) >= 11 is 0. The van der Waals surface area contributed by atoms with Crippen LogP contribution < -0.4 is 5.73 Å². The molecule has 0 atom stereocenters. The Morgan fingerprint density at radius 3 is 2.30 bits per heavy atom. The molecule has 0 heterocycles. The van der Waals surface area contributed by atoms with Gasteiger partial charge in [-0.15, -0.1) is 0 Å². The summed E-state index contributed by atoms with van der Waals surface area (Å²) in [6, 6.07) is 14.1. The maximum atomic E-state index is 10.3. The molecule has 0 saturated heterocycles. The molecule has 3 N–H and O–H groups in total. The van der Waals surface area contributed by atoms with Gasteiger partial charge in [-0.1, -0.05) is 37.6 Å². The van der Waals surface area contributed by atoms with Gasteiger partial charge in [0.05, 0.1) is 11.3 Å². The molecule has 0 radical (unpaired) electrons. The van der Waals surface area contributed by atoms with Crippen molar-refractivity contribution in [1.82, 2.24) is 0 Å². The van der Waals surface area contributed by atoms with E-state index < -0.39 is 5.97 Å². The quantitative estimate of drug-likeness (QED) is 0.496. The third-order valence-corrected chi connectivity index (χ3v) is 3.12. The smallest absolute Gasteiger partial charge is 0.337 e. The van der Waals surface area contributed by atoms with E-state index in [0.29, 0.717) is 11.4 Å². The van der Waals surface area contributed by atoms with Gasteiger partial charge in [0.1, 0.15) is 0 Å². The van der Waals surface area contributed by atoms with E-state index in [0.717, 1.165) is 6.42 Å². The molecule has 5 nitrogen and oxygen atoms in total. The Morgan fingerprint density at radius 1 is 1.17 bits per heavy atom. The molecule has 2 aromatic rings. The Balaban J connectivity index is 0.000000238. The summed E-state index contributed by atoms with van der Waals surface area (Å²) in [6.07, 6.45) is 5.03. The summed E-state index contributed by atoms with van der Waals surface area (Å²) in [4.78, 5) is 23.8. The number of nitrogens with zero attached hydrogens (tertiary/aromatic N) is 1. The van der Waals surface area contributed by atoms with E-state index in [1.165, 1.54) is 30.6 Å². The minimum Gasteiger partial charge on any atom is -0.478 e. The first kappa shape index (κ1) is 18.1. The van der Waals surface area contributed by atoms with Crippen molar-refractivity contribution in [3.8, 4) is 0 Å². The number of aromatic carboxylic acids is 1. The van der Waals surface area contributed by atoms with Gasteiger partial charge in [-0.2, -0.15) is 4.99 Å². The van der Waals surface area contributed by atoms with Crippen molar-refractivity contribution in [3.05, 3.63) is 59.7 Å². The highest BCUT2D eigenvalue weighted by molar-refractivity contribution is 5.93. The minimum absolute atomic E-state index is 0.155. The number of nitrogens with two attached hydrogens (primary N) is 1. The molecule has 2 rings (SSSR count). The van der Waals surface area contributed by atoms with Crippen LogP contribution in [0.5, 0.6) is 0 Å². The van der Waals surface area contributed by atoms with Crippen LogP contribution in [0.25, 0.3) is 0 Å². The van der Waals surface area contributed by atoms with Gasteiger partial charge in [-0.05, 0) is 42.7 Å². The van der Waals surface area contributed by atoms with E-state index in [1.54, 1.807) is 18.2 Å². The number of carboxylic acid groups (broad SMARTS) is 1. The zero-order valence-electron chi connectivity index (χ0n) is 13.0. The number of aliphatic imine (C=N–C) groups is 1. The summed E-state index contributed by atoms with van der Waals surface area (Å²) < 4.78 is 0. The van der Waals surface area contributed by atoms with Gasteiger partial charge in [0, 0.05) is 5.69 Å². The van der Waals surface area contributed by atoms with Crippen LogP contribution in [0.1, 0.15) is 35.7 Å². The third kappa shape index (κ3) is 6.59. The first-order chi connectivity index (χ1) is 11.1. The fourth-order valence-corrected chi connectivity index (χ4v) is 1.86. The van der Waals surface area contributed by atoms with Crippen LogP contribution in [0, 0.1) is 0 Å². The number of nitrogen functional groups attached to an aromatic ring is 1. The van der Waals surface area contributed by atoms with Gasteiger partial charge in [-0.25, -0.2) is 9.59 Å². The Kier molecular flexibility index (Phi) is 7.83. The molecule has 23 heavy (non-hydrogen) atoms. The molecule has 0 aromatic heterocycles. The topological polar surface area (TPSA) is 92.8 Å². The number of aryl methyl sites for hydroxylation is 1. The number of carbonyl (C=O) groups excluding carboxylic acids is 1. The lowest BCUT2D eigenvalue weighted by Gasteiger charge is -1.98. The van der Waals surface area contributed by atoms with Gasteiger partial charge in [0.2, 0.25) is 6.08 Å². The summed E-state index contributed by atoms with van der Waals surface area (Å²) in [5.41, 5.74) is 7.77. The number of isocyanates is 1. The molecule has 0 unspecified atom stereocenters. The van der Waals surface area contributed by atoms with Crippen LogP contribution in [0.15, 0.2) is 53.5 Å². The van der Waals surface area contributed by atoms with E-state index in [1.807, 2.05) is 24.3 Å². The van der Waals surface area contributed by atoms with Gasteiger partial charge < -0.3 is 10.8 Å². The molecule has 0 fully saturated rings. The Hall–Kier alpha value is -2.91. The number of para-hydroxylation sites is 1. The number of carbonyl (C=O) groups is 1. The van der Waals surface area contributed by atoms with Gasteiger partial charge in [0.15, 0.2) is 0 Å². The standard InChI is InChI=1S/C11H13NO.C7H7NO2/c1-2-3-4-10-5-7-11(8-6-10)12-9-13;8-6-4-2-1-3-5(6)7(9)10/h5-8H,2-4H2,1H3;1-4H,8H2,(H,9,10). The van der Waals surface area contributed by atoms with Crippen molar-refractivity contribution < 1.29 is 14.7 Å². The molecule has 0 aliphatic rings. The average molecular weight is 312 g/mol. The monoisotopic (exact) mass is 312 g/mol. The lowest BCUT2D eigenvalue weighted by molar-refractivity contribution is 0.0698.